The molecule has 1 aromatic carbocycles. The van der Waals surface area contributed by atoms with Gasteiger partial charge in [-0.1, -0.05) is 18.7 Å². The molecule has 0 saturated heterocycles. The number of amides is 1. The molecule has 2 aromatic rings. The summed E-state index contributed by atoms with van der Waals surface area (Å²) in [5.41, 5.74) is 1.72. The highest BCUT2D eigenvalue weighted by atomic mass is 32.2. The van der Waals surface area contributed by atoms with Crippen LogP contribution in [0.5, 0.6) is 0 Å². The summed E-state index contributed by atoms with van der Waals surface area (Å²) < 4.78 is 11.7. The molecule has 2 heterocycles. The molecule has 166 valence electrons. The molecule has 0 spiro atoms. The summed E-state index contributed by atoms with van der Waals surface area (Å²) in [6.45, 7) is 4.88. The SMILES string of the molecule is CCOC(=O)c1ccc(NC(=O)CSc2nc3c(c(=O)n2CCOC)S[C@H](C)C3)cc1. The second kappa shape index (κ2) is 10.8. The largest absolute Gasteiger partial charge is 0.462 e. The van der Waals surface area contributed by atoms with Gasteiger partial charge >= 0.3 is 5.97 Å². The Labute approximate surface area is 189 Å². The number of carbonyl (C=O) groups excluding carboxylic acids is 2. The topological polar surface area (TPSA) is 99.5 Å². The van der Waals surface area contributed by atoms with E-state index in [2.05, 4.69) is 17.2 Å². The highest BCUT2D eigenvalue weighted by Gasteiger charge is 2.26. The van der Waals surface area contributed by atoms with Crippen LogP contribution in [0.25, 0.3) is 0 Å². The Morgan fingerprint density at radius 3 is 2.74 bits per heavy atom. The van der Waals surface area contributed by atoms with Crippen LogP contribution in [-0.2, 0) is 27.2 Å². The van der Waals surface area contributed by atoms with Crippen LogP contribution in [0.1, 0.15) is 29.9 Å². The van der Waals surface area contributed by atoms with E-state index in [0.717, 1.165) is 12.1 Å². The fourth-order valence-electron chi connectivity index (χ4n) is 3.05. The van der Waals surface area contributed by atoms with E-state index in [4.69, 9.17) is 9.47 Å². The van der Waals surface area contributed by atoms with Crippen molar-refractivity contribution in [1.82, 2.24) is 9.55 Å². The lowest BCUT2D eigenvalue weighted by atomic mass is 10.2. The Kier molecular flexibility index (Phi) is 8.16. The molecule has 1 aliphatic heterocycles. The average molecular weight is 464 g/mol. The normalized spacial score (nSPS) is 14.9. The summed E-state index contributed by atoms with van der Waals surface area (Å²) in [7, 11) is 1.58. The van der Waals surface area contributed by atoms with Gasteiger partial charge < -0.3 is 14.8 Å². The highest BCUT2D eigenvalue weighted by molar-refractivity contribution is 8.00. The molecule has 1 atom stereocenters. The van der Waals surface area contributed by atoms with Gasteiger partial charge in [-0.2, -0.15) is 0 Å². The zero-order chi connectivity index (χ0) is 22.4. The molecular formula is C21H25N3O5S2. The second-order valence-electron chi connectivity index (χ2n) is 6.89. The Morgan fingerprint density at radius 1 is 1.32 bits per heavy atom. The molecule has 0 aliphatic carbocycles. The molecule has 1 aromatic heterocycles. The van der Waals surface area contributed by atoms with Crippen molar-refractivity contribution in [2.75, 3.05) is 31.4 Å². The summed E-state index contributed by atoms with van der Waals surface area (Å²) in [5, 5.41) is 3.62. The number of esters is 1. The number of nitrogens with zero attached hydrogens (tertiary/aromatic N) is 2. The maximum atomic E-state index is 12.9. The van der Waals surface area contributed by atoms with E-state index in [1.54, 1.807) is 54.6 Å². The number of hydrogen-bond acceptors (Lipinski definition) is 8. The summed E-state index contributed by atoms with van der Waals surface area (Å²) in [6.07, 6.45) is 0.743. The smallest absolute Gasteiger partial charge is 0.338 e. The quantitative estimate of drug-likeness (QED) is 0.344. The van der Waals surface area contributed by atoms with Crippen molar-refractivity contribution in [3.05, 3.63) is 45.9 Å². The molecule has 0 saturated carbocycles. The van der Waals surface area contributed by atoms with Crippen LogP contribution in [0.2, 0.25) is 0 Å². The van der Waals surface area contributed by atoms with Crippen molar-refractivity contribution in [3.63, 3.8) is 0 Å². The molecular weight excluding hydrogens is 438 g/mol. The predicted octanol–water partition coefficient (Wildman–Crippen LogP) is 2.83. The van der Waals surface area contributed by atoms with Crippen molar-refractivity contribution in [1.29, 1.82) is 0 Å². The minimum absolute atomic E-state index is 0.0751. The Hall–Kier alpha value is -2.30. The third-order valence-electron chi connectivity index (χ3n) is 4.49. The van der Waals surface area contributed by atoms with Gasteiger partial charge in [-0.3, -0.25) is 14.2 Å². The van der Waals surface area contributed by atoms with Gasteiger partial charge in [0.2, 0.25) is 5.91 Å². The first-order valence-electron chi connectivity index (χ1n) is 9.92. The molecule has 1 N–H and O–H groups in total. The zero-order valence-corrected chi connectivity index (χ0v) is 19.3. The van der Waals surface area contributed by atoms with Crippen LogP contribution in [0, 0.1) is 0 Å². The zero-order valence-electron chi connectivity index (χ0n) is 17.7. The van der Waals surface area contributed by atoms with Crippen LogP contribution in [0.3, 0.4) is 0 Å². The van der Waals surface area contributed by atoms with Gasteiger partial charge in [0.1, 0.15) is 0 Å². The van der Waals surface area contributed by atoms with E-state index in [-0.39, 0.29) is 17.2 Å². The maximum Gasteiger partial charge on any atom is 0.338 e. The van der Waals surface area contributed by atoms with Crippen molar-refractivity contribution in [2.24, 2.45) is 0 Å². The number of thioether (sulfide) groups is 2. The van der Waals surface area contributed by atoms with Gasteiger partial charge in [-0.15, -0.1) is 11.8 Å². The molecule has 1 amide bonds. The molecule has 0 radical (unpaired) electrons. The Bertz CT molecular complexity index is 1010. The highest BCUT2D eigenvalue weighted by Crippen LogP contribution is 2.34. The van der Waals surface area contributed by atoms with Gasteiger partial charge in [0.15, 0.2) is 5.16 Å². The molecule has 0 unspecified atom stereocenters. The van der Waals surface area contributed by atoms with Gasteiger partial charge in [-0.05, 0) is 31.2 Å². The van der Waals surface area contributed by atoms with Crippen molar-refractivity contribution in [3.8, 4) is 0 Å². The first kappa shape index (κ1) is 23.4. The van der Waals surface area contributed by atoms with Crippen LogP contribution in [-0.4, -0.2) is 52.8 Å². The molecule has 31 heavy (non-hydrogen) atoms. The van der Waals surface area contributed by atoms with E-state index < -0.39 is 5.97 Å². The van der Waals surface area contributed by atoms with E-state index in [1.165, 1.54) is 11.8 Å². The van der Waals surface area contributed by atoms with Gasteiger partial charge in [0.25, 0.3) is 5.56 Å². The number of carbonyl (C=O) groups is 2. The molecule has 10 heteroatoms. The number of ether oxygens (including phenoxy) is 2. The third kappa shape index (κ3) is 5.90. The van der Waals surface area contributed by atoms with Crippen molar-refractivity contribution >= 4 is 41.1 Å². The van der Waals surface area contributed by atoms with E-state index in [9.17, 15) is 14.4 Å². The van der Waals surface area contributed by atoms with Crippen molar-refractivity contribution in [2.45, 2.75) is 42.1 Å². The summed E-state index contributed by atoms with van der Waals surface area (Å²) in [5.74, 6) is -0.537. The number of benzene rings is 1. The fraction of sp³-hybridized carbons (Fsp3) is 0.429. The maximum absolute atomic E-state index is 12.9. The lowest BCUT2D eigenvalue weighted by Crippen LogP contribution is -2.27. The lowest BCUT2D eigenvalue weighted by Gasteiger charge is -2.13. The molecule has 0 bridgehead atoms. The van der Waals surface area contributed by atoms with Crippen LogP contribution in [0.4, 0.5) is 5.69 Å². The van der Waals surface area contributed by atoms with Crippen LogP contribution < -0.4 is 10.9 Å². The summed E-state index contributed by atoms with van der Waals surface area (Å²) >= 11 is 2.77. The second-order valence-corrected chi connectivity index (χ2v) is 9.28. The number of aromatic nitrogens is 2. The first-order valence-corrected chi connectivity index (χ1v) is 11.8. The average Bonchev–Trinajstić information content (AvgIpc) is 3.13. The molecule has 0 fully saturated rings. The minimum Gasteiger partial charge on any atom is -0.462 e. The van der Waals surface area contributed by atoms with Crippen molar-refractivity contribution < 1.29 is 19.1 Å². The molecule has 3 rings (SSSR count). The fourth-order valence-corrected chi connectivity index (χ4v) is 5.01. The van der Waals surface area contributed by atoms with Gasteiger partial charge in [0, 0.05) is 24.5 Å². The molecule has 1 aliphatic rings. The van der Waals surface area contributed by atoms with Gasteiger partial charge in [0.05, 0.1) is 41.7 Å². The number of anilines is 1. The first-order chi connectivity index (χ1) is 14.9. The number of nitrogens with one attached hydrogen (secondary N) is 1. The molecule has 8 nitrogen and oxygen atoms in total. The predicted molar refractivity (Wildman–Crippen MR) is 121 cm³/mol. The van der Waals surface area contributed by atoms with E-state index >= 15 is 0 Å². The monoisotopic (exact) mass is 463 g/mol. The Morgan fingerprint density at radius 2 is 2.06 bits per heavy atom. The minimum atomic E-state index is -0.403. The van der Waals surface area contributed by atoms with Gasteiger partial charge in [-0.25, -0.2) is 9.78 Å². The van der Waals surface area contributed by atoms with Crippen LogP contribution in [0.15, 0.2) is 39.1 Å². The van der Waals surface area contributed by atoms with E-state index in [1.807, 2.05) is 0 Å². The van der Waals surface area contributed by atoms with E-state index in [0.29, 0.717) is 46.3 Å². The number of rotatable bonds is 9. The summed E-state index contributed by atoms with van der Waals surface area (Å²) in [4.78, 5) is 42.4. The number of fused-ring (bicyclic) bond motifs is 1. The summed E-state index contributed by atoms with van der Waals surface area (Å²) in [6, 6.07) is 6.50. The third-order valence-corrected chi connectivity index (χ3v) is 6.69. The number of methoxy groups -OCH3 is 1. The van der Waals surface area contributed by atoms with Crippen LogP contribution >= 0.6 is 23.5 Å². The number of hydrogen-bond donors (Lipinski definition) is 1. The Balaban J connectivity index is 1.67. The lowest BCUT2D eigenvalue weighted by molar-refractivity contribution is -0.113. The standard InChI is InChI=1S/C21H25N3O5S2/c1-4-29-20(27)14-5-7-15(8-6-14)22-17(25)12-30-21-23-16-11-13(2)31-18(16)19(26)24(21)9-10-28-3/h5-8,13H,4,9-12H2,1-3H3,(H,22,25)/t13-/m1/s1.